The second-order valence-electron chi connectivity index (χ2n) is 15.8. The molecule has 0 radical (unpaired) electrons. The number of esters is 3. The van der Waals surface area contributed by atoms with Crippen LogP contribution in [0.2, 0.25) is 0 Å². The minimum absolute atomic E-state index is 0.0699. The van der Waals surface area contributed by atoms with Gasteiger partial charge in [0.05, 0.1) is 30.0 Å². The lowest BCUT2D eigenvalue weighted by Gasteiger charge is -2.59. The maximum Gasteiger partial charge on any atom is 0.313 e. The van der Waals surface area contributed by atoms with Crippen LogP contribution in [0.1, 0.15) is 113 Å². The third kappa shape index (κ3) is 7.13. The average molecular weight is 708 g/mol. The molecule has 0 spiro atoms. The molecule has 8 heteroatoms. The monoisotopic (exact) mass is 706 g/mol. The van der Waals surface area contributed by atoms with Crippen molar-refractivity contribution >= 4 is 33.8 Å². The zero-order chi connectivity index (χ0) is 35.4. The molecule has 5 unspecified atom stereocenters. The molecule has 1 saturated carbocycles. The summed E-state index contributed by atoms with van der Waals surface area (Å²) in [6.07, 6.45) is 4.47. The maximum atomic E-state index is 14.1. The lowest BCUT2D eigenvalue weighted by Crippen LogP contribution is -2.61. The van der Waals surface area contributed by atoms with E-state index in [1.807, 2.05) is 45.9 Å². The van der Waals surface area contributed by atoms with Gasteiger partial charge < -0.3 is 19.3 Å². The van der Waals surface area contributed by atoms with Crippen LogP contribution < -0.4 is 0 Å². The van der Waals surface area contributed by atoms with E-state index >= 15 is 0 Å². The quantitative estimate of drug-likeness (QED) is 0.0751. The standard InChI is InChI=1S/C38H59BrO7/c1-13-23-45-31(43)38(21-20-37(38,11)39)26-33(5,6)36(10,30(42)44-12)25-32(3,4)28(27-18-16-15-17-19-27)35(9,14-2)34(7,8)29(41)46-24-22-40/h13,15-19,28,40H,1,14,20-26H2,2-12H3. The number of hydrogen-bond donors (Lipinski definition) is 1. The molecule has 0 aliphatic heterocycles. The Balaban J connectivity index is 2.76. The molecular weight excluding hydrogens is 648 g/mol. The molecule has 0 amide bonds. The van der Waals surface area contributed by atoms with Gasteiger partial charge in [-0.2, -0.15) is 0 Å². The number of halogens is 1. The number of carbonyl (C=O) groups excluding carboxylic acids is 3. The molecular formula is C38H59BrO7. The van der Waals surface area contributed by atoms with E-state index in [-0.39, 0.29) is 43.6 Å². The Morgan fingerprint density at radius 2 is 1.59 bits per heavy atom. The van der Waals surface area contributed by atoms with Gasteiger partial charge in [-0.3, -0.25) is 14.4 Å². The third-order valence-electron chi connectivity index (χ3n) is 12.0. The number of rotatable bonds is 17. The van der Waals surface area contributed by atoms with Gasteiger partial charge in [0.1, 0.15) is 13.2 Å². The summed E-state index contributed by atoms with van der Waals surface area (Å²) < 4.78 is 16.3. The van der Waals surface area contributed by atoms with E-state index in [4.69, 9.17) is 14.2 Å². The van der Waals surface area contributed by atoms with Crippen molar-refractivity contribution in [3.63, 3.8) is 0 Å². The lowest BCUT2D eigenvalue weighted by atomic mass is 9.45. The predicted molar refractivity (Wildman–Crippen MR) is 186 cm³/mol. The molecule has 0 heterocycles. The fraction of sp³-hybridized carbons (Fsp3) is 0.711. The Morgan fingerprint density at radius 1 is 1.00 bits per heavy atom. The van der Waals surface area contributed by atoms with Crippen LogP contribution in [-0.4, -0.2) is 54.3 Å². The van der Waals surface area contributed by atoms with Crippen LogP contribution in [0.4, 0.5) is 0 Å². The van der Waals surface area contributed by atoms with E-state index in [2.05, 4.69) is 76.2 Å². The van der Waals surface area contributed by atoms with Gasteiger partial charge in [0.15, 0.2) is 0 Å². The smallest absolute Gasteiger partial charge is 0.313 e. The van der Waals surface area contributed by atoms with Crippen molar-refractivity contribution in [2.75, 3.05) is 26.9 Å². The number of aliphatic hydroxyl groups is 1. The zero-order valence-corrected chi connectivity index (χ0v) is 31.8. The van der Waals surface area contributed by atoms with E-state index in [1.165, 1.54) is 7.11 Å². The molecule has 7 nitrogen and oxygen atoms in total. The van der Waals surface area contributed by atoms with Crippen molar-refractivity contribution in [3.05, 3.63) is 48.6 Å². The number of carbonyl (C=O) groups is 3. The van der Waals surface area contributed by atoms with Crippen molar-refractivity contribution in [2.45, 2.75) is 112 Å². The van der Waals surface area contributed by atoms with Crippen LogP contribution in [-0.2, 0) is 28.6 Å². The Hall–Kier alpha value is -2.19. The highest BCUT2D eigenvalue weighted by atomic mass is 79.9. The van der Waals surface area contributed by atoms with Gasteiger partial charge in [-0.15, -0.1) is 0 Å². The lowest BCUT2D eigenvalue weighted by molar-refractivity contribution is -0.179. The van der Waals surface area contributed by atoms with Crippen LogP contribution in [0, 0.1) is 32.5 Å². The highest BCUT2D eigenvalue weighted by Crippen LogP contribution is 2.66. The Morgan fingerprint density at radius 3 is 2.02 bits per heavy atom. The van der Waals surface area contributed by atoms with Crippen LogP contribution in [0.15, 0.2) is 43.0 Å². The average Bonchev–Trinajstić information content (AvgIpc) is 2.99. The second-order valence-corrected chi connectivity index (χ2v) is 17.6. The molecule has 1 aromatic carbocycles. The van der Waals surface area contributed by atoms with Gasteiger partial charge >= 0.3 is 17.9 Å². The molecule has 1 aliphatic rings. The van der Waals surface area contributed by atoms with Crippen molar-refractivity contribution in [1.82, 2.24) is 0 Å². The summed E-state index contributed by atoms with van der Waals surface area (Å²) >= 11 is 3.86. The van der Waals surface area contributed by atoms with E-state index < -0.39 is 36.8 Å². The second kappa shape index (κ2) is 14.5. The van der Waals surface area contributed by atoms with Gasteiger partial charge in [-0.25, -0.2) is 0 Å². The van der Waals surface area contributed by atoms with Crippen molar-refractivity contribution in [1.29, 1.82) is 0 Å². The first-order valence-corrected chi connectivity index (χ1v) is 17.3. The van der Waals surface area contributed by atoms with Gasteiger partial charge in [0.25, 0.3) is 0 Å². The minimum atomic E-state index is -1.04. The SMILES string of the molecule is C=CCOC(=O)C1(CC(C)(C)C(C)(CC(C)(C)C(c2ccccc2)C(C)(CC)C(C)(C)C(=O)OCCO)C(=O)OC)CCC1(C)Br. The Bertz CT molecular complexity index is 1240. The predicted octanol–water partition coefficient (Wildman–Crippen LogP) is 8.42. The number of methoxy groups -OCH3 is 1. The summed E-state index contributed by atoms with van der Waals surface area (Å²) in [6.45, 7) is 24.0. The normalized spacial score (nSPS) is 23.6. The van der Waals surface area contributed by atoms with Crippen LogP contribution in [0.25, 0.3) is 0 Å². The van der Waals surface area contributed by atoms with E-state index in [0.29, 0.717) is 25.7 Å². The molecule has 1 aliphatic carbocycles. The largest absolute Gasteiger partial charge is 0.469 e. The topological polar surface area (TPSA) is 99.1 Å². The van der Waals surface area contributed by atoms with E-state index in [0.717, 1.165) is 12.0 Å². The zero-order valence-electron chi connectivity index (χ0n) is 30.2. The molecule has 1 N–H and O–H groups in total. The highest BCUT2D eigenvalue weighted by molar-refractivity contribution is 9.10. The molecule has 0 aromatic heterocycles. The Labute approximate surface area is 286 Å². The first-order valence-electron chi connectivity index (χ1n) is 16.5. The summed E-state index contributed by atoms with van der Waals surface area (Å²) in [5.74, 6) is -1.22. The number of ether oxygens (including phenoxy) is 3. The van der Waals surface area contributed by atoms with Crippen molar-refractivity contribution in [3.8, 4) is 0 Å². The number of aliphatic hydroxyl groups excluding tert-OH is 1. The fourth-order valence-corrected chi connectivity index (χ4v) is 9.06. The summed E-state index contributed by atoms with van der Waals surface area (Å²) in [6, 6.07) is 10.2. The third-order valence-corrected chi connectivity index (χ3v) is 13.1. The molecule has 0 saturated heterocycles. The molecule has 5 atom stereocenters. The fourth-order valence-electron chi connectivity index (χ4n) is 8.37. The first-order chi connectivity index (χ1) is 21.1. The van der Waals surface area contributed by atoms with Crippen molar-refractivity contribution < 1.29 is 33.7 Å². The van der Waals surface area contributed by atoms with Crippen LogP contribution in [0.5, 0.6) is 0 Å². The van der Waals surface area contributed by atoms with Crippen LogP contribution in [0.3, 0.4) is 0 Å². The van der Waals surface area contributed by atoms with E-state index in [9.17, 15) is 19.5 Å². The first kappa shape index (κ1) is 40.0. The summed E-state index contributed by atoms with van der Waals surface area (Å²) in [5, 5.41) is 9.39. The van der Waals surface area contributed by atoms with Gasteiger partial charge in [-0.05, 0) is 87.5 Å². The van der Waals surface area contributed by atoms with Gasteiger partial charge in [0.2, 0.25) is 0 Å². The van der Waals surface area contributed by atoms with Crippen molar-refractivity contribution in [2.24, 2.45) is 32.5 Å². The minimum Gasteiger partial charge on any atom is -0.469 e. The molecule has 1 fully saturated rings. The molecule has 0 bridgehead atoms. The van der Waals surface area contributed by atoms with Gasteiger partial charge in [-0.1, -0.05) is 100 Å². The number of hydrogen-bond acceptors (Lipinski definition) is 7. The summed E-state index contributed by atoms with van der Waals surface area (Å²) in [5.41, 5.74) is -3.71. The number of benzene rings is 1. The maximum absolute atomic E-state index is 14.1. The summed E-state index contributed by atoms with van der Waals surface area (Å²) in [7, 11) is 1.42. The van der Waals surface area contributed by atoms with Gasteiger partial charge in [0, 0.05) is 4.32 Å². The van der Waals surface area contributed by atoms with E-state index in [1.54, 1.807) is 6.08 Å². The Kier molecular flexibility index (Phi) is 12.6. The summed E-state index contributed by atoms with van der Waals surface area (Å²) in [4.78, 5) is 41.4. The molecule has 2 rings (SSSR count). The molecule has 1 aromatic rings. The van der Waals surface area contributed by atoms with Crippen LogP contribution >= 0.6 is 15.9 Å². The highest BCUT2D eigenvalue weighted by Gasteiger charge is 2.66. The number of alkyl halides is 1. The molecule has 260 valence electrons. The molecule has 46 heavy (non-hydrogen) atoms.